The lowest BCUT2D eigenvalue weighted by Crippen LogP contribution is -2.16. The summed E-state index contributed by atoms with van der Waals surface area (Å²) in [4.78, 5) is 25.3. The number of carbonyl (C=O) groups is 2. The number of para-hydroxylation sites is 2. The lowest BCUT2D eigenvalue weighted by Gasteiger charge is -2.13. The van der Waals surface area contributed by atoms with E-state index in [1.807, 2.05) is 66.7 Å². The lowest BCUT2D eigenvalue weighted by atomic mass is 10.1. The Balaban J connectivity index is 1.30. The number of carbonyl (C=O) groups excluding carboxylic acids is 2. The molecule has 0 saturated carbocycles. The normalized spacial score (nSPS) is 10.3. The van der Waals surface area contributed by atoms with Crippen LogP contribution in [0.4, 0.5) is 11.4 Å². The number of anilines is 2. The second-order valence-electron chi connectivity index (χ2n) is 8.07. The highest BCUT2D eigenvalue weighted by Crippen LogP contribution is 2.22. The number of rotatable bonds is 11. The molecule has 0 fully saturated rings. The van der Waals surface area contributed by atoms with Crippen LogP contribution in [-0.2, 0) is 11.2 Å². The SMILES string of the molecule is O=C(CCc1ccccc1)Nc1cccc(NC(=O)c2ccccc2OCCOc2ccccc2)c1. The van der Waals surface area contributed by atoms with Crippen LogP contribution in [0.1, 0.15) is 22.3 Å². The van der Waals surface area contributed by atoms with Crippen LogP contribution in [-0.4, -0.2) is 25.0 Å². The van der Waals surface area contributed by atoms with Gasteiger partial charge in [-0.15, -0.1) is 0 Å². The minimum absolute atomic E-state index is 0.0844. The van der Waals surface area contributed by atoms with Gasteiger partial charge in [0.25, 0.3) is 5.91 Å². The molecule has 6 heteroatoms. The summed E-state index contributed by atoms with van der Waals surface area (Å²) in [6, 6.07) is 33.5. The molecule has 4 rings (SSSR count). The molecule has 2 N–H and O–H groups in total. The van der Waals surface area contributed by atoms with Gasteiger partial charge >= 0.3 is 0 Å². The van der Waals surface area contributed by atoms with Crippen molar-refractivity contribution in [3.63, 3.8) is 0 Å². The zero-order chi connectivity index (χ0) is 25.0. The maximum absolute atomic E-state index is 13.0. The van der Waals surface area contributed by atoms with Crippen molar-refractivity contribution in [3.8, 4) is 11.5 Å². The minimum atomic E-state index is -0.304. The van der Waals surface area contributed by atoms with E-state index >= 15 is 0 Å². The monoisotopic (exact) mass is 480 g/mol. The summed E-state index contributed by atoms with van der Waals surface area (Å²) in [7, 11) is 0. The average molecular weight is 481 g/mol. The van der Waals surface area contributed by atoms with Gasteiger partial charge in [0.1, 0.15) is 24.7 Å². The second-order valence-corrected chi connectivity index (χ2v) is 8.07. The molecule has 0 aromatic heterocycles. The molecule has 0 heterocycles. The molecule has 0 atom stereocenters. The van der Waals surface area contributed by atoms with Gasteiger partial charge in [-0.3, -0.25) is 9.59 Å². The molecule has 4 aromatic carbocycles. The fourth-order valence-corrected chi connectivity index (χ4v) is 3.61. The zero-order valence-electron chi connectivity index (χ0n) is 19.9. The van der Waals surface area contributed by atoms with Gasteiger partial charge in [0, 0.05) is 17.8 Å². The predicted molar refractivity (Wildman–Crippen MR) is 142 cm³/mol. The van der Waals surface area contributed by atoms with Crippen LogP contribution in [0, 0.1) is 0 Å². The predicted octanol–water partition coefficient (Wildman–Crippen LogP) is 5.97. The third-order valence-electron chi connectivity index (χ3n) is 5.37. The molecule has 6 nitrogen and oxygen atoms in total. The summed E-state index contributed by atoms with van der Waals surface area (Å²) in [5.74, 6) is 0.845. The summed E-state index contributed by atoms with van der Waals surface area (Å²) >= 11 is 0. The Labute approximate surface area is 210 Å². The molecule has 0 aliphatic carbocycles. The Kier molecular flexibility index (Phi) is 8.70. The standard InChI is InChI=1S/C30H28N2O4/c33-29(19-18-23-10-3-1-4-11-23)31-24-12-9-13-25(22-24)32-30(34)27-16-7-8-17-28(27)36-21-20-35-26-14-5-2-6-15-26/h1-17,22H,18-21H2,(H,31,33)(H,32,34). The summed E-state index contributed by atoms with van der Waals surface area (Å²) in [5, 5.41) is 5.78. The van der Waals surface area contributed by atoms with Crippen molar-refractivity contribution in [3.05, 3.63) is 120 Å². The molecule has 0 bridgehead atoms. The molecule has 36 heavy (non-hydrogen) atoms. The molecule has 0 aliphatic rings. The van der Waals surface area contributed by atoms with Gasteiger partial charge in [0.2, 0.25) is 5.91 Å². The molecule has 182 valence electrons. The summed E-state index contributed by atoms with van der Waals surface area (Å²) in [5.41, 5.74) is 2.72. The molecule has 2 amide bonds. The zero-order valence-corrected chi connectivity index (χ0v) is 19.9. The summed E-state index contributed by atoms with van der Waals surface area (Å²) in [6.07, 6.45) is 1.04. The summed E-state index contributed by atoms with van der Waals surface area (Å²) < 4.78 is 11.5. The van der Waals surface area contributed by atoms with Crippen LogP contribution in [0.25, 0.3) is 0 Å². The number of hydrogen-bond donors (Lipinski definition) is 2. The van der Waals surface area contributed by atoms with Gasteiger partial charge in [-0.2, -0.15) is 0 Å². The highest BCUT2D eigenvalue weighted by molar-refractivity contribution is 6.06. The first-order chi connectivity index (χ1) is 17.7. The third kappa shape index (κ3) is 7.46. The molecular weight excluding hydrogens is 452 g/mol. The quantitative estimate of drug-likeness (QED) is 0.259. The third-order valence-corrected chi connectivity index (χ3v) is 5.37. The maximum Gasteiger partial charge on any atom is 0.259 e. The van der Waals surface area contributed by atoms with Crippen molar-refractivity contribution in [2.45, 2.75) is 12.8 Å². The van der Waals surface area contributed by atoms with Crippen LogP contribution < -0.4 is 20.1 Å². The molecule has 0 radical (unpaired) electrons. The van der Waals surface area contributed by atoms with E-state index in [-0.39, 0.29) is 11.8 Å². The molecule has 0 saturated heterocycles. The van der Waals surface area contributed by atoms with E-state index in [0.717, 1.165) is 11.3 Å². The topological polar surface area (TPSA) is 76.7 Å². The largest absolute Gasteiger partial charge is 0.490 e. The van der Waals surface area contributed by atoms with Gasteiger partial charge in [-0.1, -0.05) is 66.7 Å². The van der Waals surface area contributed by atoms with Gasteiger partial charge in [-0.05, 0) is 54.4 Å². The van der Waals surface area contributed by atoms with E-state index in [9.17, 15) is 9.59 Å². The van der Waals surface area contributed by atoms with E-state index in [4.69, 9.17) is 9.47 Å². The fourth-order valence-electron chi connectivity index (χ4n) is 3.61. The summed E-state index contributed by atoms with van der Waals surface area (Å²) in [6.45, 7) is 0.648. The van der Waals surface area contributed by atoms with Crippen LogP contribution in [0.3, 0.4) is 0 Å². The van der Waals surface area contributed by atoms with Crippen LogP contribution in [0.2, 0.25) is 0 Å². The van der Waals surface area contributed by atoms with Crippen molar-refractivity contribution in [2.75, 3.05) is 23.8 Å². The molecule has 0 aliphatic heterocycles. The second kappa shape index (κ2) is 12.8. The van der Waals surface area contributed by atoms with Gasteiger partial charge < -0.3 is 20.1 Å². The first-order valence-corrected chi connectivity index (χ1v) is 11.8. The van der Waals surface area contributed by atoms with E-state index in [1.54, 1.807) is 42.5 Å². The van der Waals surface area contributed by atoms with Gasteiger partial charge in [-0.25, -0.2) is 0 Å². The number of benzene rings is 4. The molecule has 0 spiro atoms. The van der Waals surface area contributed by atoms with Crippen molar-refractivity contribution in [1.29, 1.82) is 0 Å². The number of ether oxygens (including phenoxy) is 2. The molecule has 4 aromatic rings. The van der Waals surface area contributed by atoms with Crippen LogP contribution in [0.15, 0.2) is 109 Å². The van der Waals surface area contributed by atoms with E-state index < -0.39 is 0 Å². The van der Waals surface area contributed by atoms with Gasteiger partial charge in [0.15, 0.2) is 0 Å². The fraction of sp³-hybridized carbons (Fsp3) is 0.133. The number of amides is 2. The van der Waals surface area contributed by atoms with E-state index in [0.29, 0.717) is 48.7 Å². The van der Waals surface area contributed by atoms with Crippen molar-refractivity contribution < 1.29 is 19.1 Å². The highest BCUT2D eigenvalue weighted by atomic mass is 16.5. The minimum Gasteiger partial charge on any atom is -0.490 e. The maximum atomic E-state index is 13.0. The van der Waals surface area contributed by atoms with Crippen LogP contribution in [0.5, 0.6) is 11.5 Å². The average Bonchev–Trinajstić information content (AvgIpc) is 2.91. The van der Waals surface area contributed by atoms with Crippen molar-refractivity contribution >= 4 is 23.2 Å². The first kappa shape index (κ1) is 24.5. The van der Waals surface area contributed by atoms with Gasteiger partial charge in [0.05, 0.1) is 5.56 Å². The molecule has 0 unspecified atom stereocenters. The first-order valence-electron chi connectivity index (χ1n) is 11.8. The Bertz CT molecular complexity index is 1280. The van der Waals surface area contributed by atoms with E-state index in [2.05, 4.69) is 10.6 Å². The molecular formula is C30H28N2O4. The Morgan fingerprint density at radius 1 is 0.639 bits per heavy atom. The number of nitrogens with one attached hydrogen (secondary N) is 2. The Hall–Kier alpha value is -4.58. The Morgan fingerprint density at radius 3 is 2.06 bits per heavy atom. The Morgan fingerprint density at radius 2 is 1.28 bits per heavy atom. The van der Waals surface area contributed by atoms with Crippen LogP contribution >= 0.6 is 0 Å². The lowest BCUT2D eigenvalue weighted by molar-refractivity contribution is -0.116. The van der Waals surface area contributed by atoms with E-state index in [1.165, 1.54) is 0 Å². The smallest absolute Gasteiger partial charge is 0.259 e. The van der Waals surface area contributed by atoms with Crippen molar-refractivity contribution in [1.82, 2.24) is 0 Å². The number of hydrogen-bond acceptors (Lipinski definition) is 4. The highest BCUT2D eigenvalue weighted by Gasteiger charge is 2.13. The van der Waals surface area contributed by atoms with Crippen molar-refractivity contribution in [2.24, 2.45) is 0 Å². The number of aryl methyl sites for hydroxylation is 1.